The molecule has 0 radical (unpaired) electrons. The highest BCUT2D eigenvalue weighted by Gasteiger charge is 2.32. The van der Waals surface area contributed by atoms with Crippen molar-refractivity contribution in [2.75, 3.05) is 11.9 Å². The molecule has 0 unspecified atom stereocenters. The summed E-state index contributed by atoms with van der Waals surface area (Å²) in [6.45, 7) is 4.26. The molecule has 0 aliphatic heterocycles. The molecule has 3 aromatic rings. The molecule has 144 valence electrons. The van der Waals surface area contributed by atoms with Crippen molar-refractivity contribution in [1.29, 1.82) is 0 Å². The Morgan fingerprint density at radius 3 is 2.14 bits per heavy atom. The number of aryl methyl sites for hydroxylation is 1. The molecule has 2 atom stereocenters. The summed E-state index contributed by atoms with van der Waals surface area (Å²) >= 11 is 1.53. The van der Waals surface area contributed by atoms with Crippen molar-refractivity contribution in [2.24, 2.45) is 0 Å². The average molecular weight is 392 g/mol. The molecule has 0 bridgehead atoms. The Morgan fingerprint density at radius 2 is 1.54 bits per heavy atom. The SMILES string of the molecule is CCOC(=O)[C@H](Sc1ccc(C)cc1)[C@@H](Nc1ccccc1)c1ccccc1. The third-order valence-corrected chi connectivity index (χ3v) is 5.62. The number of carbonyl (C=O) groups excluding carboxylic acids is 1. The van der Waals surface area contributed by atoms with E-state index < -0.39 is 5.25 Å². The molecule has 0 spiro atoms. The van der Waals surface area contributed by atoms with Crippen LogP contribution in [0.3, 0.4) is 0 Å². The summed E-state index contributed by atoms with van der Waals surface area (Å²) in [4.78, 5) is 14.0. The number of esters is 1. The van der Waals surface area contributed by atoms with Gasteiger partial charge in [-0.2, -0.15) is 0 Å². The third-order valence-electron chi connectivity index (χ3n) is 4.36. The van der Waals surface area contributed by atoms with Crippen LogP contribution in [0.25, 0.3) is 0 Å². The van der Waals surface area contributed by atoms with Crippen LogP contribution in [0.1, 0.15) is 24.1 Å². The predicted octanol–water partition coefficient (Wildman–Crippen LogP) is 5.87. The molecule has 3 aromatic carbocycles. The van der Waals surface area contributed by atoms with E-state index in [2.05, 4.69) is 36.5 Å². The lowest BCUT2D eigenvalue weighted by Crippen LogP contribution is -2.32. The number of para-hydroxylation sites is 1. The first kappa shape index (κ1) is 20.0. The van der Waals surface area contributed by atoms with Gasteiger partial charge in [0.2, 0.25) is 0 Å². The highest BCUT2D eigenvalue weighted by molar-refractivity contribution is 8.00. The number of rotatable bonds is 8. The maximum Gasteiger partial charge on any atom is 0.321 e. The van der Waals surface area contributed by atoms with E-state index in [-0.39, 0.29) is 12.0 Å². The summed E-state index contributed by atoms with van der Waals surface area (Å²) in [5.74, 6) is -0.217. The number of carbonyl (C=O) groups is 1. The Labute approximate surface area is 171 Å². The number of ether oxygens (including phenoxy) is 1. The van der Waals surface area contributed by atoms with Crippen molar-refractivity contribution in [3.8, 4) is 0 Å². The van der Waals surface area contributed by atoms with Gasteiger partial charge in [-0.15, -0.1) is 11.8 Å². The van der Waals surface area contributed by atoms with Gasteiger partial charge in [0.25, 0.3) is 0 Å². The van der Waals surface area contributed by atoms with E-state index >= 15 is 0 Å². The highest BCUT2D eigenvalue weighted by Crippen LogP contribution is 2.35. The molecule has 0 saturated carbocycles. The summed E-state index contributed by atoms with van der Waals surface area (Å²) in [5.41, 5.74) is 3.21. The van der Waals surface area contributed by atoms with Crippen LogP contribution >= 0.6 is 11.8 Å². The summed E-state index contributed by atoms with van der Waals surface area (Å²) in [6, 6.07) is 28.0. The van der Waals surface area contributed by atoms with Gasteiger partial charge in [0.15, 0.2) is 0 Å². The summed E-state index contributed by atoms with van der Waals surface area (Å²) in [7, 11) is 0. The Bertz CT molecular complexity index is 866. The van der Waals surface area contributed by atoms with Crippen molar-refractivity contribution >= 4 is 23.4 Å². The van der Waals surface area contributed by atoms with Crippen molar-refractivity contribution in [1.82, 2.24) is 0 Å². The van der Waals surface area contributed by atoms with Crippen LogP contribution in [0.2, 0.25) is 0 Å². The Morgan fingerprint density at radius 1 is 0.929 bits per heavy atom. The van der Waals surface area contributed by atoms with E-state index in [0.717, 1.165) is 16.1 Å². The fourth-order valence-electron chi connectivity index (χ4n) is 2.95. The second-order valence-electron chi connectivity index (χ2n) is 6.50. The zero-order valence-corrected chi connectivity index (χ0v) is 17.0. The molecule has 0 amide bonds. The summed E-state index contributed by atoms with van der Waals surface area (Å²) in [6.07, 6.45) is 0. The maximum atomic E-state index is 12.9. The molecule has 1 N–H and O–H groups in total. The quantitative estimate of drug-likeness (QED) is 0.385. The van der Waals surface area contributed by atoms with E-state index in [1.807, 2.05) is 67.6 Å². The van der Waals surface area contributed by atoms with Gasteiger partial charge in [0, 0.05) is 10.6 Å². The normalized spacial score (nSPS) is 12.8. The minimum absolute atomic E-state index is 0.217. The van der Waals surface area contributed by atoms with Crippen LogP contribution in [0.15, 0.2) is 89.8 Å². The molecule has 28 heavy (non-hydrogen) atoms. The van der Waals surface area contributed by atoms with Crippen molar-refractivity contribution in [2.45, 2.75) is 30.0 Å². The van der Waals surface area contributed by atoms with Gasteiger partial charge in [-0.25, -0.2) is 0 Å². The maximum absolute atomic E-state index is 12.9. The number of thioether (sulfide) groups is 1. The first-order valence-electron chi connectivity index (χ1n) is 9.44. The number of benzene rings is 3. The molecule has 0 aliphatic carbocycles. The minimum atomic E-state index is -0.426. The summed E-state index contributed by atoms with van der Waals surface area (Å²) < 4.78 is 5.44. The zero-order chi connectivity index (χ0) is 19.8. The largest absolute Gasteiger partial charge is 0.465 e. The zero-order valence-electron chi connectivity index (χ0n) is 16.2. The van der Waals surface area contributed by atoms with Crippen molar-refractivity contribution in [3.05, 3.63) is 96.1 Å². The second-order valence-corrected chi connectivity index (χ2v) is 7.72. The molecule has 0 saturated heterocycles. The molecule has 0 fully saturated rings. The Balaban J connectivity index is 1.96. The molecular formula is C24H25NO2S. The average Bonchev–Trinajstić information content (AvgIpc) is 2.73. The number of hydrogen-bond donors (Lipinski definition) is 1. The third kappa shape index (κ3) is 5.40. The van der Waals surface area contributed by atoms with Crippen LogP contribution in [-0.2, 0) is 9.53 Å². The lowest BCUT2D eigenvalue weighted by molar-refractivity contribution is -0.142. The van der Waals surface area contributed by atoms with E-state index in [1.165, 1.54) is 17.3 Å². The van der Waals surface area contributed by atoms with Crippen LogP contribution in [0.5, 0.6) is 0 Å². The van der Waals surface area contributed by atoms with E-state index in [0.29, 0.717) is 6.61 Å². The molecule has 3 rings (SSSR count). The lowest BCUT2D eigenvalue weighted by atomic mass is 10.0. The molecule has 0 aliphatic rings. The molecule has 3 nitrogen and oxygen atoms in total. The summed E-state index contributed by atoms with van der Waals surface area (Å²) in [5, 5.41) is 3.12. The van der Waals surface area contributed by atoms with Crippen LogP contribution < -0.4 is 5.32 Å². The number of nitrogens with one attached hydrogen (secondary N) is 1. The van der Waals surface area contributed by atoms with Crippen molar-refractivity contribution < 1.29 is 9.53 Å². The van der Waals surface area contributed by atoms with Gasteiger partial charge in [-0.05, 0) is 43.7 Å². The predicted molar refractivity (Wildman–Crippen MR) is 117 cm³/mol. The highest BCUT2D eigenvalue weighted by atomic mass is 32.2. The van der Waals surface area contributed by atoms with Crippen LogP contribution in [-0.4, -0.2) is 17.8 Å². The van der Waals surface area contributed by atoms with Gasteiger partial charge < -0.3 is 10.1 Å². The fraction of sp³-hybridized carbons (Fsp3) is 0.208. The van der Waals surface area contributed by atoms with Crippen molar-refractivity contribution in [3.63, 3.8) is 0 Å². The molecule has 0 heterocycles. The Kier molecular flexibility index (Phi) is 7.15. The standard InChI is InChI=1S/C24H25NO2S/c1-3-27-24(26)23(28-21-16-14-18(2)15-17-21)22(19-10-6-4-7-11-19)25-20-12-8-5-9-13-20/h4-17,22-23,25H,3H2,1-2H3/t22-,23+/m0/s1. The number of anilines is 1. The monoisotopic (exact) mass is 391 g/mol. The first-order valence-corrected chi connectivity index (χ1v) is 10.3. The van der Waals surface area contributed by atoms with E-state index in [9.17, 15) is 4.79 Å². The van der Waals surface area contributed by atoms with Gasteiger partial charge in [-0.1, -0.05) is 66.2 Å². The first-order chi connectivity index (χ1) is 13.7. The fourth-order valence-corrected chi connectivity index (χ4v) is 4.06. The molecular weight excluding hydrogens is 366 g/mol. The van der Waals surface area contributed by atoms with Gasteiger partial charge in [0.1, 0.15) is 5.25 Å². The van der Waals surface area contributed by atoms with E-state index in [1.54, 1.807) is 0 Å². The van der Waals surface area contributed by atoms with Gasteiger partial charge in [0.05, 0.1) is 12.6 Å². The topological polar surface area (TPSA) is 38.3 Å². The van der Waals surface area contributed by atoms with Crippen LogP contribution in [0, 0.1) is 6.92 Å². The second kappa shape index (κ2) is 10.00. The molecule has 0 aromatic heterocycles. The van der Waals surface area contributed by atoms with E-state index in [4.69, 9.17) is 4.74 Å². The Hall–Kier alpha value is -2.72. The number of hydrogen-bond acceptors (Lipinski definition) is 4. The van der Waals surface area contributed by atoms with Gasteiger partial charge >= 0.3 is 5.97 Å². The van der Waals surface area contributed by atoms with Crippen LogP contribution in [0.4, 0.5) is 5.69 Å². The lowest BCUT2D eigenvalue weighted by Gasteiger charge is -2.27. The minimum Gasteiger partial charge on any atom is -0.465 e. The smallest absolute Gasteiger partial charge is 0.321 e. The van der Waals surface area contributed by atoms with Gasteiger partial charge in [-0.3, -0.25) is 4.79 Å². The molecule has 4 heteroatoms.